The maximum absolute atomic E-state index is 10.8. The van der Waals surface area contributed by atoms with Crippen molar-refractivity contribution in [3.05, 3.63) is 35.5 Å². The molecule has 19 heavy (non-hydrogen) atoms. The fourth-order valence-corrected chi connectivity index (χ4v) is 2.52. The van der Waals surface area contributed by atoms with Crippen molar-refractivity contribution in [2.45, 2.75) is 12.8 Å². The van der Waals surface area contributed by atoms with E-state index in [4.69, 9.17) is 5.11 Å². The molecule has 0 spiro atoms. The molecule has 2 N–H and O–H groups in total. The number of hydrogen-bond acceptors (Lipinski definition) is 3. The van der Waals surface area contributed by atoms with Crippen molar-refractivity contribution in [1.82, 2.24) is 10.2 Å². The predicted octanol–water partition coefficient (Wildman–Crippen LogP) is 2.16. The van der Waals surface area contributed by atoms with E-state index in [0.717, 1.165) is 24.9 Å². The summed E-state index contributed by atoms with van der Waals surface area (Å²) in [6, 6.07) is 7.74. The number of aryl methyl sites for hydroxylation is 1. The van der Waals surface area contributed by atoms with Gasteiger partial charge in [-0.05, 0) is 36.6 Å². The number of carbonyl (C=O) groups is 1. The van der Waals surface area contributed by atoms with Gasteiger partial charge in [-0.1, -0.05) is 6.07 Å². The maximum Gasteiger partial charge on any atom is 0.353 e. The third-order valence-electron chi connectivity index (χ3n) is 3.53. The third-order valence-corrected chi connectivity index (χ3v) is 3.53. The number of nitrogens with one attached hydrogen (secondary N) is 1. The van der Waals surface area contributed by atoms with Gasteiger partial charge in [-0.25, -0.2) is 4.79 Å². The first-order valence-electron chi connectivity index (χ1n) is 6.28. The van der Waals surface area contributed by atoms with Crippen LogP contribution in [0.3, 0.4) is 0 Å². The molecule has 0 bridgehead atoms. The smallest absolute Gasteiger partial charge is 0.353 e. The monoisotopic (exact) mass is 257 g/mol. The average Bonchev–Trinajstić information content (AvgIpc) is 2.88. The van der Waals surface area contributed by atoms with Crippen LogP contribution in [0.25, 0.3) is 11.3 Å². The zero-order valence-electron chi connectivity index (χ0n) is 10.7. The van der Waals surface area contributed by atoms with Crippen LogP contribution >= 0.6 is 0 Å². The van der Waals surface area contributed by atoms with Crippen molar-refractivity contribution in [3.8, 4) is 11.3 Å². The second-order valence-electron chi connectivity index (χ2n) is 4.84. The van der Waals surface area contributed by atoms with Gasteiger partial charge in [-0.15, -0.1) is 0 Å². The summed E-state index contributed by atoms with van der Waals surface area (Å²) >= 11 is 0. The van der Waals surface area contributed by atoms with Crippen molar-refractivity contribution in [3.63, 3.8) is 0 Å². The van der Waals surface area contributed by atoms with Crippen LogP contribution in [-0.2, 0) is 6.42 Å². The zero-order chi connectivity index (χ0) is 13.4. The van der Waals surface area contributed by atoms with Gasteiger partial charge in [0, 0.05) is 24.8 Å². The van der Waals surface area contributed by atoms with E-state index in [1.54, 1.807) is 6.07 Å². The molecular weight excluding hydrogens is 242 g/mol. The normalized spacial score (nSPS) is 14.3. The van der Waals surface area contributed by atoms with Crippen LogP contribution < -0.4 is 4.90 Å². The highest BCUT2D eigenvalue weighted by molar-refractivity contribution is 5.87. The summed E-state index contributed by atoms with van der Waals surface area (Å²) in [4.78, 5) is 13.1. The molecule has 1 aromatic carbocycles. The van der Waals surface area contributed by atoms with E-state index in [9.17, 15) is 4.79 Å². The van der Waals surface area contributed by atoms with Crippen LogP contribution in [0.4, 0.5) is 5.69 Å². The molecule has 98 valence electrons. The molecule has 5 heteroatoms. The summed E-state index contributed by atoms with van der Waals surface area (Å²) in [5.41, 5.74) is 4.30. The van der Waals surface area contributed by atoms with E-state index in [1.807, 2.05) is 6.07 Å². The first-order chi connectivity index (χ1) is 9.15. The molecule has 0 aliphatic carbocycles. The number of aromatic amines is 1. The van der Waals surface area contributed by atoms with E-state index < -0.39 is 5.97 Å². The second kappa shape index (κ2) is 4.42. The van der Waals surface area contributed by atoms with Gasteiger partial charge in [0.2, 0.25) is 0 Å². The minimum Gasteiger partial charge on any atom is -0.477 e. The molecule has 0 amide bonds. The molecule has 1 aliphatic rings. The quantitative estimate of drug-likeness (QED) is 0.865. The summed E-state index contributed by atoms with van der Waals surface area (Å²) in [6.07, 6.45) is 2.21. The molecule has 1 aliphatic heterocycles. The number of carboxylic acid groups (broad SMARTS) is 1. The Morgan fingerprint density at radius 1 is 1.42 bits per heavy atom. The number of aromatic carboxylic acids is 1. The standard InChI is InChI=1S/C14H15N3O2/c1-17-6-2-3-10-7-9(4-5-13(10)17)11-8-12(14(18)19)16-15-11/h4-5,7-8H,2-3,6H2,1H3,(H,15,16)(H,18,19). The SMILES string of the molecule is CN1CCCc2cc(-c3cc(C(=O)O)[nH]n3)ccc21. The lowest BCUT2D eigenvalue weighted by Gasteiger charge is -2.27. The molecule has 5 nitrogen and oxygen atoms in total. The maximum atomic E-state index is 10.8. The molecular formula is C14H15N3O2. The van der Waals surface area contributed by atoms with Crippen molar-refractivity contribution in [1.29, 1.82) is 0 Å². The number of nitrogens with zero attached hydrogens (tertiary/aromatic N) is 2. The van der Waals surface area contributed by atoms with Gasteiger partial charge in [0.15, 0.2) is 0 Å². The number of rotatable bonds is 2. The number of H-pyrrole nitrogens is 1. The summed E-state index contributed by atoms with van der Waals surface area (Å²) in [5.74, 6) is -0.989. The van der Waals surface area contributed by atoms with Crippen LogP contribution in [0, 0.1) is 0 Å². The third kappa shape index (κ3) is 2.07. The van der Waals surface area contributed by atoms with Crippen molar-refractivity contribution in [2.75, 3.05) is 18.5 Å². The summed E-state index contributed by atoms with van der Waals surface area (Å²) in [7, 11) is 2.09. The van der Waals surface area contributed by atoms with Crippen LogP contribution in [0.5, 0.6) is 0 Å². The number of aromatic nitrogens is 2. The topological polar surface area (TPSA) is 69.2 Å². The summed E-state index contributed by atoms with van der Waals surface area (Å²) < 4.78 is 0. The van der Waals surface area contributed by atoms with E-state index in [2.05, 4.69) is 34.3 Å². The van der Waals surface area contributed by atoms with Crippen molar-refractivity contribution < 1.29 is 9.90 Å². The zero-order valence-corrected chi connectivity index (χ0v) is 10.7. The lowest BCUT2D eigenvalue weighted by Crippen LogP contribution is -2.24. The van der Waals surface area contributed by atoms with Crippen LogP contribution in [-0.4, -0.2) is 34.9 Å². The van der Waals surface area contributed by atoms with Gasteiger partial charge in [-0.3, -0.25) is 5.10 Å². The van der Waals surface area contributed by atoms with Crippen LogP contribution in [0.2, 0.25) is 0 Å². The number of carboxylic acids is 1. The lowest BCUT2D eigenvalue weighted by atomic mass is 9.98. The Balaban J connectivity index is 1.99. The Kier molecular flexibility index (Phi) is 2.74. The molecule has 0 unspecified atom stereocenters. The Morgan fingerprint density at radius 3 is 3.00 bits per heavy atom. The average molecular weight is 257 g/mol. The van der Waals surface area contributed by atoms with Gasteiger partial charge in [0.1, 0.15) is 5.69 Å². The fourth-order valence-electron chi connectivity index (χ4n) is 2.52. The van der Waals surface area contributed by atoms with Crippen molar-refractivity contribution in [2.24, 2.45) is 0 Å². The predicted molar refractivity (Wildman–Crippen MR) is 72.6 cm³/mol. The van der Waals surface area contributed by atoms with Crippen molar-refractivity contribution >= 4 is 11.7 Å². The summed E-state index contributed by atoms with van der Waals surface area (Å²) in [6.45, 7) is 1.08. The van der Waals surface area contributed by atoms with E-state index in [1.165, 1.54) is 11.3 Å². The Bertz CT molecular complexity index is 633. The minimum absolute atomic E-state index is 0.116. The fraction of sp³-hybridized carbons (Fsp3) is 0.286. The number of fused-ring (bicyclic) bond motifs is 1. The van der Waals surface area contributed by atoms with E-state index >= 15 is 0 Å². The van der Waals surface area contributed by atoms with Gasteiger partial charge >= 0.3 is 5.97 Å². The first-order valence-corrected chi connectivity index (χ1v) is 6.28. The molecule has 3 rings (SSSR count). The second-order valence-corrected chi connectivity index (χ2v) is 4.84. The van der Waals surface area contributed by atoms with Crippen LogP contribution in [0.1, 0.15) is 22.5 Å². The van der Waals surface area contributed by atoms with Gasteiger partial charge in [0.05, 0.1) is 5.69 Å². The van der Waals surface area contributed by atoms with Crippen LogP contribution in [0.15, 0.2) is 24.3 Å². The lowest BCUT2D eigenvalue weighted by molar-refractivity contribution is 0.0690. The van der Waals surface area contributed by atoms with Gasteiger partial charge in [-0.2, -0.15) is 5.10 Å². The highest BCUT2D eigenvalue weighted by atomic mass is 16.4. The largest absolute Gasteiger partial charge is 0.477 e. The molecule has 0 saturated heterocycles. The minimum atomic E-state index is -0.989. The molecule has 1 aromatic heterocycles. The number of hydrogen-bond donors (Lipinski definition) is 2. The van der Waals surface area contributed by atoms with Gasteiger partial charge in [0.25, 0.3) is 0 Å². The highest BCUT2D eigenvalue weighted by Crippen LogP contribution is 2.30. The summed E-state index contributed by atoms with van der Waals surface area (Å²) in [5, 5.41) is 15.5. The molecule has 0 radical (unpaired) electrons. The van der Waals surface area contributed by atoms with E-state index in [-0.39, 0.29) is 5.69 Å². The van der Waals surface area contributed by atoms with E-state index in [0.29, 0.717) is 5.69 Å². The molecule has 0 fully saturated rings. The molecule has 2 aromatic rings. The molecule has 0 saturated carbocycles. The number of anilines is 1. The Hall–Kier alpha value is -2.30. The molecule has 2 heterocycles. The van der Waals surface area contributed by atoms with Gasteiger partial charge < -0.3 is 10.0 Å². The first kappa shape index (κ1) is 11.8. The number of benzene rings is 1. The molecule has 0 atom stereocenters. The Morgan fingerprint density at radius 2 is 2.26 bits per heavy atom. The Labute approximate surface area is 110 Å². The highest BCUT2D eigenvalue weighted by Gasteiger charge is 2.15.